The molecule has 4 rings (SSSR count). The van der Waals surface area contributed by atoms with Crippen molar-refractivity contribution in [1.29, 1.82) is 0 Å². The van der Waals surface area contributed by atoms with Gasteiger partial charge in [-0.05, 0) is 54.4 Å². The zero-order valence-corrected chi connectivity index (χ0v) is 17.3. The van der Waals surface area contributed by atoms with Crippen molar-refractivity contribution in [2.45, 2.75) is 30.2 Å². The molecule has 1 amide bonds. The van der Waals surface area contributed by atoms with E-state index in [2.05, 4.69) is 10.3 Å². The second-order valence-electron chi connectivity index (χ2n) is 6.56. The molecule has 0 bridgehead atoms. The smallest absolute Gasteiger partial charge is 0.220 e. The summed E-state index contributed by atoms with van der Waals surface area (Å²) in [5.41, 5.74) is 2.00. The number of nitrogens with zero attached hydrogens (tertiary/aromatic N) is 1. The summed E-state index contributed by atoms with van der Waals surface area (Å²) in [7, 11) is 0. The molecule has 2 heterocycles. The zero-order valence-electron chi connectivity index (χ0n) is 15.0. The van der Waals surface area contributed by atoms with Crippen molar-refractivity contribution in [3.8, 4) is 11.3 Å². The second-order valence-corrected chi connectivity index (χ2v) is 8.57. The summed E-state index contributed by atoms with van der Waals surface area (Å²) in [6, 6.07) is 13.2. The summed E-state index contributed by atoms with van der Waals surface area (Å²) in [6.07, 6.45) is 3.33. The summed E-state index contributed by atoms with van der Waals surface area (Å²) < 4.78 is 5.77. The normalized spacial score (nSPS) is 15.9. The van der Waals surface area contributed by atoms with E-state index in [9.17, 15) is 4.79 Å². The summed E-state index contributed by atoms with van der Waals surface area (Å²) in [4.78, 5) is 17.9. The first kappa shape index (κ1) is 19.4. The highest BCUT2D eigenvalue weighted by Crippen LogP contribution is 2.37. The Morgan fingerprint density at radius 3 is 2.79 bits per heavy atom. The van der Waals surface area contributed by atoms with E-state index in [-0.39, 0.29) is 11.9 Å². The molecule has 0 saturated heterocycles. The fraction of sp³-hybridized carbons (Fsp3) is 0.238. The molecule has 1 aliphatic heterocycles. The largest absolute Gasteiger partial charge is 0.441 e. The number of carbonyl (C=O) groups is 1. The van der Waals surface area contributed by atoms with Crippen LogP contribution in [0.2, 0.25) is 10.0 Å². The molecule has 1 aliphatic rings. The number of benzene rings is 2. The number of aryl methyl sites for hydroxylation is 1. The molecule has 1 atom stereocenters. The van der Waals surface area contributed by atoms with Crippen LogP contribution in [0.25, 0.3) is 11.3 Å². The maximum atomic E-state index is 12.5. The highest BCUT2D eigenvalue weighted by molar-refractivity contribution is 7.99. The van der Waals surface area contributed by atoms with E-state index < -0.39 is 0 Å². The Kier molecular flexibility index (Phi) is 5.95. The number of fused-ring (bicyclic) bond motifs is 1. The van der Waals surface area contributed by atoms with E-state index in [1.165, 1.54) is 4.90 Å². The van der Waals surface area contributed by atoms with Crippen LogP contribution in [-0.4, -0.2) is 16.6 Å². The lowest BCUT2D eigenvalue weighted by molar-refractivity contribution is -0.121. The van der Waals surface area contributed by atoms with Gasteiger partial charge in [-0.3, -0.25) is 4.79 Å². The minimum atomic E-state index is -0.0194. The Balaban J connectivity index is 1.36. The molecule has 2 aromatic carbocycles. The quantitative estimate of drug-likeness (QED) is 0.542. The van der Waals surface area contributed by atoms with Gasteiger partial charge in [-0.25, -0.2) is 4.98 Å². The van der Waals surface area contributed by atoms with Gasteiger partial charge in [0.2, 0.25) is 5.91 Å². The van der Waals surface area contributed by atoms with Crippen LogP contribution < -0.4 is 5.32 Å². The molecular weight excluding hydrogens is 415 g/mol. The number of rotatable bonds is 5. The number of carbonyl (C=O) groups excluding carboxylic acids is 1. The number of nitrogens with one attached hydrogen (secondary N) is 1. The number of aromatic nitrogens is 1. The van der Waals surface area contributed by atoms with Crippen molar-refractivity contribution in [2.24, 2.45) is 0 Å². The van der Waals surface area contributed by atoms with Gasteiger partial charge in [-0.1, -0.05) is 23.2 Å². The van der Waals surface area contributed by atoms with Crippen LogP contribution in [-0.2, 0) is 11.2 Å². The van der Waals surface area contributed by atoms with E-state index in [1.54, 1.807) is 30.1 Å². The van der Waals surface area contributed by atoms with Gasteiger partial charge in [0.05, 0.1) is 12.2 Å². The van der Waals surface area contributed by atoms with Crippen molar-refractivity contribution in [2.75, 3.05) is 5.75 Å². The van der Waals surface area contributed by atoms with Crippen LogP contribution in [0, 0.1) is 0 Å². The van der Waals surface area contributed by atoms with Crippen molar-refractivity contribution in [3.05, 3.63) is 70.2 Å². The third-order valence-electron chi connectivity index (χ3n) is 4.59. The lowest BCUT2D eigenvalue weighted by Crippen LogP contribution is -2.30. The molecule has 1 N–H and O–H groups in total. The minimum Gasteiger partial charge on any atom is -0.441 e. The Labute approximate surface area is 177 Å². The van der Waals surface area contributed by atoms with Gasteiger partial charge < -0.3 is 9.73 Å². The van der Waals surface area contributed by atoms with Crippen molar-refractivity contribution in [3.63, 3.8) is 0 Å². The molecule has 0 radical (unpaired) electrons. The lowest BCUT2D eigenvalue weighted by atomic mass is 10.0. The summed E-state index contributed by atoms with van der Waals surface area (Å²) in [6.45, 7) is 0. The maximum absolute atomic E-state index is 12.5. The van der Waals surface area contributed by atoms with Gasteiger partial charge in [0.15, 0.2) is 11.7 Å². The molecule has 1 aromatic heterocycles. The summed E-state index contributed by atoms with van der Waals surface area (Å²) in [5, 5.41) is 4.48. The van der Waals surface area contributed by atoms with E-state index in [1.807, 2.05) is 30.3 Å². The first-order chi connectivity index (χ1) is 13.6. The number of hydrogen-bond donors (Lipinski definition) is 1. The van der Waals surface area contributed by atoms with Crippen molar-refractivity contribution in [1.82, 2.24) is 10.3 Å². The van der Waals surface area contributed by atoms with Gasteiger partial charge in [0, 0.05) is 39.1 Å². The van der Waals surface area contributed by atoms with E-state index in [0.717, 1.165) is 23.3 Å². The lowest BCUT2D eigenvalue weighted by Gasteiger charge is -2.26. The Morgan fingerprint density at radius 2 is 1.96 bits per heavy atom. The number of thioether (sulfide) groups is 1. The van der Waals surface area contributed by atoms with Crippen LogP contribution in [0.5, 0.6) is 0 Å². The molecule has 0 aliphatic carbocycles. The highest BCUT2D eigenvalue weighted by atomic mass is 35.5. The van der Waals surface area contributed by atoms with Crippen LogP contribution in [0.4, 0.5) is 0 Å². The zero-order chi connectivity index (χ0) is 19.5. The summed E-state index contributed by atoms with van der Waals surface area (Å²) >= 11 is 13.8. The molecule has 144 valence electrons. The summed E-state index contributed by atoms with van der Waals surface area (Å²) in [5.74, 6) is 2.17. The standard InChI is InChI=1S/C21H18Cl2N2O2S/c22-14-3-1-13(2-4-14)18-12-24-21(27-18)8-7-20(26)25-17-9-10-28-19-6-5-15(23)11-16(17)19/h1-6,11-12,17H,7-10H2,(H,25,26). The van der Waals surface area contributed by atoms with Gasteiger partial charge >= 0.3 is 0 Å². The molecular formula is C21H18Cl2N2O2S. The molecule has 4 nitrogen and oxygen atoms in total. The predicted molar refractivity (Wildman–Crippen MR) is 113 cm³/mol. The van der Waals surface area contributed by atoms with Gasteiger partial charge in [0.1, 0.15) is 0 Å². The van der Waals surface area contributed by atoms with E-state index in [4.69, 9.17) is 27.6 Å². The molecule has 0 fully saturated rings. The molecule has 1 unspecified atom stereocenters. The van der Waals surface area contributed by atoms with Crippen LogP contribution in [0.1, 0.15) is 30.3 Å². The molecule has 28 heavy (non-hydrogen) atoms. The van der Waals surface area contributed by atoms with Gasteiger partial charge in [-0.2, -0.15) is 0 Å². The van der Waals surface area contributed by atoms with Crippen LogP contribution >= 0.6 is 35.0 Å². The SMILES string of the molecule is O=C(CCc1ncc(-c2ccc(Cl)cc2)o1)NC1CCSc2ccc(Cl)cc21. The number of hydrogen-bond acceptors (Lipinski definition) is 4. The average molecular weight is 433 g/mol. The van der Waals surface area contributed by atoms with E-state index >= 15 is 0 Å². The van der Waals surface area contributed by atoms with Gasteiger partial charge in [-0.15, -0.1) is 11.8 Å². The molecule has 0 spiro atoms. The predicted octanol–water partition coefficient (Wildman–Crippen LogP) is 5.93. The topological polar surface area (TPSA) is 55.1 Å². The minimum absolute atomic E-state index is 0.00311. The first-order valence-corrected chi connectivity index (χ1v) is 10.7. The monoisotopic (exact) mass is 432 g/mol. The Morgan fingerprint density at radius 1 is 1.18 bits per heavy atom. The number of halogens is 2. The molecule has 0 saturated carbocycles. The van der Waals surface area contributed by atoms with E-state index in [0.29, 0.717) is 34.5 Å². The Bertz CT molecular complexity index is 988. The number of oxazole rings is 1. The van der Waals surface area contributed by atoms with Crippen molar-refractivity contribution < 1.29 is 9.21 Å². The second kappa shape index (κ2) is 8.60. The fourth-order valence-corrected chi connectivity index (χ4v) is 4.59. The van der Waals surface area contributed by atoms with Crippen LogP contribution in [0.15, 0.2) is 58.0 Å². The fourth-order valence-electron chi connectivity index (χ4n) is 3.18. The Hall–Kier alpha value is -1.95. The third kappa shape index (κ3) is 4.54. The third-order valence-corrected chi connectivity index (χ3v) is 6.20. The van der Waals surface area contributed by atoms with Gasteiger partial charge in [0.25, 0.3) is 0 Å². The number of amides is 1. The molecule has 3 aromatic rings. The first-order valence-electron chi connectivity index (χ1n) is 9.01. The van der Waals surface area contributed by atoms with Crippen LogP contribution in [0.3, 0.4) is 0 Å². The highest BCUT2D eigenvalue weighted by Gasteiger charge is 2.22. The maximum Gasteiger partial charge on any atom is 0.220 e. The molecule has 7 heteroatoms. The van der Waals surface area contributed by atoms with Crippen molar-refractivity contribution >= 4 is 40.9 Å². The average Bonchev–Trinajstić information content (AvgIpc) is 3.16.